The van der Waals surface area contributed by atoms with E-state index >= 15 is 0 Å². The molecule has 110 valence electrons. The summed E-state index contributed by atoms with van der Waals surface area (Å²) in [6.45, 7) is 1.98. The van der Waals surface area contributed by atoms with Crippen LogP contribution in [0.25, 0.3) is 10.2 Å². The number of aromatic nitrogens is 3. The molecule has 1 N–H and O–H groups in total. The summed E-state index contributed by atoms with van der Waals surface area (Å²) in [4.78, 5) is 16.8. The van der Waals surface area contributed by atoms with Crippen molar-refractivity contribution in [2.75, 3.05) is 5.32 Å². The van der Waals surface area contributed by atoms with Crippen LogP contribution in [0.15, 0.2) is 24.3 Å². The zero-order valence-electron chi connectivity index (χ0n) is 12.1. The van der Waals surface area contributed by atoms with Gasteiger partial charge in [-0.25, -0.2) is 4.98 Å². The van der Waals surface area contributed by atoms with Gasteiger partial charge in [-0.3, -0.25) is 4.79 Å². The average Bonchev–Trinajstić information content (AvgIpc) is 3.10. The van der Waals surface area contributed by atoms with Crippen molar-refractivity contribution in [1.82, 2.24) is 15.2 Å². The Balaban J connectivity index is 1.59. The number of benzene rings is 1. The Bertz CT molecular complexity index is 887. The van der Waals surface area contributed by atoms with Gasteiger partial charge in [-0.05, 0) is 56.0 Å². The van der Waals surface area contributed by atoms with E-state index in [2.05, 4.69) is 20.5 Å². The number of nitrogens with one attached hydrogen (secondary N) is 1. The van der Waals surface area contributed by atoms with Crippen LogP contribution in [0.5, 0.6) is 0 Å². The topological polar surface area (TPSA) is 67.8 Å². The molecular weight excluding hydrogens is 296 g/mol. The van der Waals surface area contributed by atoms with Gasteiger partial charge in [0, 0.05) is 5.69 Å². The van der Waals surface area contributed by atoms with E-state index in [-0.39, 0.29) is 5.91 Å². The summed E-state index contributed by atoms with van der Waals surface area (Å²) in [7, 11) is 0. The third-order valence-corrected chi connectivity index (χ3v) is 4.76. The smallest absolute Gasteiger partial charge is 0.276 e. The molecule has 0 fully saturated rings. The number of anilines is 1. The number of carbonyl (C=O) groups is 1. The highest BCUT2D eigenvalue weighted by Gasteiger charge is 2.17. The molecule has 2 heterocycles. The third-order valence-electron chi connectivity index (χ3n) is 3.80. The molecule has 0 saturated carbocycles. The van der Waals surface area contributed by atoms with Gasteiger partial charge < -0.3 is 5.32 Å². The quantitative estimate of drug-likeness (QED) is 0.789. The molecule has 22 heavy (non-hydrogen) atoms. The van der Waals surface area contributed by atoms with Crippen molar-refractivity contribution < 1.29 is 4.79 Å². The molecule has 0 aliphatic heterocycles. The zero-order valence-corrected chi connectivity index (χ0v) is 12.9. The molecule has 3 aromatic rings. The molecule has 0 spiro atoms. The van der Waals surface area contributed by atoms with Gasteiger partial charge in [0.05, 0.1) is 20.9 Å². The fourth-order valence-electron chi connectivity index (χ4n) is 2.76. The Kier molecular flexibility index (Phi) is 3.11. The maximum atomic E-state index is 12.3. The molecule has 5 nitrogen and oxygen atoms in total. The van der Waals surface area contributed by atoms with Crippen LogP contribution in [0.2, 0.25) is 0 Å². The fraction of sp³-hybridized carbons (Fsp3) is 0.250. The first-order valence-electron chi connectivity index (χ1n) is 7.23. The van der Waals surface area contributed by atoms with Crippen LogP contribution in [-0.2, 0) is 12.8 Å². The first kappa shape index (κ1) is 13.3. The van der Waals surface area contributed by atoms with E-state index in [0.29, 0.717) is 5.69 Å². The molecule has 0 saturated heterocycles. The van der Waals surface area contributed by atoms with E-state index in [4.69, 9.17) is 0 Å². The number of hydrogen-bond donors (Lipinski definition) is 1. The van der Waals surface area contributed by atoms with Crippen molar-refractivity contribution in [3.8, 4) is 0 Å². The summed E-state index contributed by atoms with van der Waals surface area (Å²) >= 11 is 1.64. The molecule has 0 atom stereocenters. The van der Waals surface area contributed by atoms with Crippen LogP contribution >= 0.6 is 11.3 Å². The minimum atomic E-state index is -0.228. The van der Waals surface area contributed by atoms with Crippen LogP contribution in [0.1, 0.15) is 33.2 Å². The predicted molar refractivity (Wildman–Crippen MR) is 86.4 cm³/mol. The first-order valence-corrected chi connectivity index (χ1v) is 8.05. The van der Waals surface area contributed by atoms with Crippen LogP contribution in [0.4, 0.5) is 5.69 Å². The Hall–Kier alpha value is -2.34. The molecule has 0 bridgehead atoms. The Morgan fingerprint density at radius 2 is 2.14 bits per heavy atom. The lowest BCUT2D eigenvalue weighted by atomic mass is 10.2. The first-order chi connectivity index (χ1) is 10.7. The van der Waals surface area contributed by atoms with Gasteiger partial charge in [-0.1, -0.05) is 0 Å². The molecule has 1 aliphatic carbocycles. The lowest BCUT2D eigenvalue weighted by molar-refractivity contribution is 0.102. The fourth-order valence-corrected chi connectivity index (χ4v) is 3.56. The maximum Gasteiger partial charge on any atom is 0.276 e. The summed E-state index contributed by atoms with van der Waals surface area (Å²) in [5, 5.41) is 12.1. The second kappa shape index (κ2) is 5.14. The van der Waals surface area contributed by atoms with E-state index in [0.717, 1.165) is 51.4 Å². The van der Waals surface area contributed by atoms with E-state index in [9.17, 15) is 4.79 Å². The second-order valence-corrected chi connectivity index (χ2v) is 6.66. The van der Waals surface area contributed by atoms with Crippen molar-refractivity contribution in [2.24, 2.45) is 0 Å². The predicted octanol–water partition coefficient (Wildman–Crippen LogP) is 3.14. The molecule has 0 radical (unpaired) electrons. The number of rotatable bonds is 2. The highest BCUT2D eigenvalue weighted by molar-refractivity contribution is 7.18. The van der Waals surface area contributed by atoms with Gasteiger partial charge in [-0.2, -0.15) is 5.10 Å². The second-order valence-electron chi connectivity index (χ2n) is 5.42. The van der Waals surface area contributed by atoms with E-state index < -0.39 is 0 Å². The summed E-state index contributed by atoms with van der Waals surface area (Å²) in [6, 6.07) is 7.61. The Labute approximate surface area is 131 Å². The average molecular weight is 310 g/mol. The number of fused-ring (bicyclic) bond motifs is 2. The van der Waals surface area contributed by atoms with E-state index in [1.165, 1.54) is 0 Å². The van der Waals surface area contributed by atoms with Crippen LogP contribution in [-0.4, -0.2) is 21.1 Å². The number of amides is 1. The number of aryl methyl sites for hydroxylation is 3. The van der Waals surface area contributed by atoms with Crippen molar-refractivity contribution >= 4 is 33.1 Å². The highest BCUT2D eigenvalue weighted by Crippen LogP contribution is 2.25. The third kappa shape index (κ3) is 2.35. The Morgan fingerprint density at radius 1 is 1.23 bits per heavy atom. The zero-order chi connectivity index (χ0) is 15.1. The van der Waals surface area contributed by atoms with E-state index in [1.807, 2.05) is 31.2 Å². The lowest BCUT2D eigenvalue weighted by Gasteiger charge is -2.05. The van der Waals surface area contributed by atoms with Gasteiger partial charge >= 0.3 is 0 Å². The Morgan fingerprint density at radius 3 is 3.05 bits per heavy atom. The molecule has 1 aromatic carbocycles. The molecule has 1 aliphatic rings. The maximum absolute atomic E-state index is 12.3. The lowest BCUT2D eigenvalue weighted by Crippen LogP contribution is -2.15. The SMILES string of the molecule is Cc1nc2cc(NC(=O)c3cc4c(nn3)CCC4)ccc2s1. The molecule has 2 aromatic heterocycles. The van der Waals surface area contributed by atoms with Crippen LogP contribution in [0.3, 0.4) is 0 Å². The summed E-state index contributed by atoms with van der Waals surface area (Å²) in [6.07, 6.45) is 3.04. The molecule has 1 amide bonds. The van der Waals surface area contributed by atoms with Crippen LogP contribution < -0.4 is 5.32 Å². The summed E-state index contributed by atoms with van der Waals surface area (Å²) < 4.78 is 1.12. The monoisotopic (exact) mass is 310 g/mol. The van der Waals surface area contributed by atoms with Gasteiger partial charge in [0.25, 0.3) is 5.91 Å². The highest BCUT2D eigenvalue weighted by atomic mass is 32.1. The standard InChI is InChI=1S/C16H14N4OS/c1-9-17-13-8-11(5-6-15(13)22-9)18-16(21)14-7-10-3-2-4-12(10)19-20-14/h5-8H,2-4H2,1H3,(H,18,21). The van der Waals surface area contributed by atoms with Crippen molar-refractivity contribution in [2.45, 2.75) is 26.2 Å². The van der Waals surface area contributed by atoms with Gasteiger partial charge in [0.15, 0.2) is 5.69 Å². The van der Waals surface area contributed by atoms with Gasteiger partial charge in [-0.15, -0.1) is 16.4 Å². The number of carbonyl (C=O) groups excluding carboxylic acids is 1. The number of hydrogen-bond acceptors (Lipinski definition) is 5. The van der Waals surface area contributed by atoms with Gasteiger partial charge in [0.1, 0.15) is 0 Å². The van der Waals surface area contributed by atoms with Crippen molar-refractivity contribution in [1.29, 1.82) is 0 Å². The minimum absolute atomic E-state index is 0.228. The number of thiazole rings is 1. The summed E-state index contributed by atoms with van der Waals surface area (Å²) in [5.41, 5.74) is 4.17. The van der Waals surface area contributed by atoms with Crippen molar-refractivity contribution in [3.63, 3.8) is 0 Å². The largest absolute Gasteiger partial charge is 0.321 e. The van der Waals surface area contributed by atoms with Crippen LogP contribution in [0, 0.1) is 6.92 Å². The molecule has 4 rings (SSSR count). The minimum Gasteiger partial charge on any atom is -0.321 e. The van der Waals surface area contributed by atoms with Crippen molar-refractivity contribution in [3.05, 3.63) is 46.2 Å². The molecule has 0 unspecified atom stereocenters. The number of nitrogens with zero attached hydrogens (tertiary/aromatic N) is 3. The normalized spacial score (nSPS) is 13.3. The van der Waals surface area contributed by atoms with Gasteiger partial charge in [0.2, 0.25) is 0 Å². The molecule has 6 heteroatoms. The summed E-state index contributed by atoms with van der Waals surface area (Å²) in [5.74, 6) is -0.228. The van der Waals surface area contributed by atoms with E-state index in [1.54, 1.807) is 11.3 Å². The molecular formula is C16H14N4OS.